The molecule has 1 N–H and O–H groups in total. The molecule has 8 heteroatoms. The third-order valence-electron chi connectivity index (χ3n) is 3.35. The van der Waals surface area contributed by atoms with Gasteiger partial charge in [-0.15, -0.1) is 0 Å². The molecule has 1 fully saturated rings. The van der Waals surface area contributed by atoms with Gasteiger partial charge in [-0.05, 0) is 19.3 Å². The summed E-state index contributed by atoms with van der Waals surface area (Å²) in [5.41, 5.74) is 0.841. The van der Waals surface area contributed by atoms with E-state index in [9.17, 15) is 4.79 Å². The Labute approximate surface area is 126 Å². The Morgan fingerprint density at radius 1 is 1.62 bits per heavy atom. The Morgan fingerprint density at radius 2 is 2.52 bits per heavy atom. The predicted molar refractivity (Wildman–Crippen MR) is 78.9 cm³/mol. The van der Waals surface area contributed by atoms with Crippen LogP contribution >= 0.6 is 11.5 Å². The molecule has 1 aliphatic heterocycles. The second-order valence-corrected chi connectivity index (χ2v) is 5.80. The molecule has 1 amide bonds. The molecule has 7 nitrogen and oxygen atoms in total. The fourth-order valence-electron chi connectivity index (χ4n) is 2.27. The second kappa shape index (κ2) is 6.31. The monoisotopic (exact) mass is 307 g/mol. The van der Waals surface area contributed by atoms with Crippen LogP contribution in [0.25, 0.3) is 11.4 Å². The van der Waals surface area contributed by atoms with Gasteiger partial charge in [-0.2, -0.15) is 14.5 Å². The number of hydrogen-bond donors (Lipinski definition) is 1. The molecule has 3 rings (SSSR count). The molecule has 0 radical (unpaired) electrons. The predicted octanol–water partition coefficient (Wildman–Crippen LogP) is 1.84. The maximum Gasteiger partial charge on any atom is 0.226 e. The standard InChI is InChI=1S/C13H17N5O2S/c1-18-8-9(7-14-18)12-16-13(21-17-12)15-11(19)5-4-10-3-2-6-20-10/h7-8,10H,2-6H2,1H3,(H,15,16,17,19). The highest BCUT2D eigenvalue weighted by Gasteiger charge is 2.17. The minimum Gasteiger partial charge on any atom is -0.378 e. The number of aryl methyl sites for hydroxylation is 1. The maximum atomic E-state index is 11.9. The van der Waals surface area contributed by atoms with Crippen LogP contribution in [0.3, 0.4) is 0 Å². The van der Waals surface area contributed by atoms with E-state index in [1.807, 2.05) is 13.2 Å². The third-order valence-corrected chi connectivity index (χ3v) is 3.98. The molecule has 1 saturated heterocycles. The maximum absolute atomic E-state index is 11.9. The minimum absolute atomic E-state index is 0.0422. The molecule has 0 bridgehead atoms. The average molecular weight is 307 g/mol. The minimum atomic E-state index is -0.0422. The zero-order valence-corrected chi connectivity index (χ0v) is 12.6. The molecule has 0 aromatic carbocycles. The summed E-state index contributed by atoms with van der Waals surface area (Å²) < 4.78 is 11.4. The number of rotatable bonds is 5. The summed E-state index contributed by atoms with van der Waals surface area (Å²) in [5, 5.41) is 7.38. The molecule has 0 saturated carbocycles. The lowest BCUT2D eigenvalue weighted by Gasteiger charge is -2.07. The Morgan fingerprint density at radius 3 is 3.24 bits per heavy atom. The van der Waals surface area contributed by atoms with E-state index in [0.29, 0.717) is 17.4 Å². The van der Waals surface area contributed by atoms with Gasteiger partial charge in [0.15, 0.2) is 5.82 Å². The Bertz CT molecular complexity index is 618. The van der Waals surface area contributed by atoms with Crippen LogP contribution in [0.15, 0.2) is 12.4 Å². The van der Waals surface area contributed by atoms with Crippen molar-refractivity contribution in [1.29, 1.82) is 0 Å². The van der Waals surface area contributed by atoms with Crippen LogP contribution in [0.5, 0.6) is 0 Å². The van der Waals surface area contributed by atoms with Crippen molar-refractivity contribution in [3.63, 3.8) is 0 Å². The van der Waals surface area contributed by atoms with Crippen LogP contribution in [0.2, 0.25) is 0 Å². The fraction of sp³-hybridized carbons (Fsp3) is 0.538. The Hall–Kier alpha value is -1.80. The SMILES string of the molecule is Cn1cc(-c2nsc(NC(=O)CCC3CCCO3)n2)cn1. The molecule has 1 unspecified atom stereocenters. The molecule has 0 spiro atoms. The van der Waals surface area contributed by atoms with Crippen molar-refractivity contribution in [2.75, 3.05) is 11.9 Å². The van der Waals surface area contributed by atoms with Gasteiger partial charge >= 0.3 is 0 Å². The van der Waals surface area contributed by atoms with E-state index >= 15 is 0 Å². The van der Waals surface area contributed by atoms with Crippen molar-refractivity contribution in [2.45, 2.75) is 31.8 Å². The summed E-state index contributed by atoms with van der Waals surface area (Å²) >= 11 is 1.18. The molecule has 3 heterocycles. The number of carbonyl (C=O) groups excluding carboxylic acids is 1. The lowest BCUT2D eigenvalue weighted by atomic mass is 10.1. The van der Waals surface area contributed by atoms with Gasteiger partial charge < -0.3 is 10.1 Å². The first-order valence-corrected chi connectivity index (χ1v) is 7.72. The van der Waals surface area contributed by atoms with E-state index in [0.717, 1.165) is 31.4 Å². The van der Waals surface area contributed by atoms with Crippen molar-refractivity contribution >= 4 is 22.6 Å². The summed E-state index contributed by atoms with van der Waals surface area (Å²) in [6, 6.07) is 0. The van der Waals surface area contributed by atoms with Crippen LogP contribution < -0.4 is 5.32 Å². The molecule has 1 aliphatic rings. The van der Waals surface area contributed by atoms with Gasteiger partial charge in [0, 0.05) is 37.8 Å². The molecular weight excluding hydrogens is 290 g/mol. The zero-order chi connectivity index (χ0) is 14.7. The highest BCUT2D eigenvalue weighted by molar-refractivity contribution is 7.10. The van der Waals surface area contributed by atoms with E-state index < -0.39 is 0 Å². The topological polar surface area (TPSA) is 81.9 Å². The van der Waals surface area contributed by atoms with Crippen molar-refractivity contribution in [3.8, 4) is 11.4 Å². The number of nitrogens with one attached hydrogen (secondary N) is 1. The number of carbonyl (C=O) groups is 1. The van der Waals surface area contributed by atoms with E-state index in [4.69, 9.17) is 4.74 Å². The van der Waals surface area contributed by atoms with Gasteiger partial charge in [0.1, 0.15) is 0 Å². The molecule has 2 aromatic rings. The number of anilines is 1. The van der Waals surface area contributed by atoms with Crippen molar-refractivity contribution in [2.24, 2.45) is 7.05 Å². The van der Waals surface area contributed by atoms with E-state index in [-0.39, 0.29) is 12.0 Å². The van der Waals surface area contributed by atoms with Gasteiger partial charge in [-0.1, -0.05) is 0 Å². The van der Waals surface area contributed by atoms with Crippen LogP contribution in [-0.4, -0.2) is 37.8 Å². The third kappa shape index (κ3) is 3.64. The first-order valence-electron chi connectivity index (χ1n) is 6.95. The van der Waals surface area contributed by atoms with Crippen LogP contribution in [0, 0.1) is 0 Å². The highest BCUT2D eigenvalue weighted by atomic mass is 32.1. The van der Waals surface area contributed by atoms with E-state index in [1.165, 1.54) is 11.5 Å². The first-order chi connectivity index (χ1) is 10.2. The largest absolute Gasteiger partial charge is 0.378 e. The van der Waals surface area contributed by atoms with Gasteiger partial charge in [0.2, 0.25) is 11.0 Å². The lowest BCUT2D eigenvalue weighted by molar-refractivity contribution is -0.116. The van der Waals surface area contributed by atoms with Crippen LogP contribution in [0.1, 0.15) is 25.7 Å². The average Bonchev–Trinajstić information content (AvgIpc) is 3.17. The molecule has 21 heavy (non-hydrogen) atoms. The quantitative estimate of drug-likeness (QED) is 0.911. The summed E-state index contributed by atoms with van der Waals surface area (Å²) in [5.74, 6) is 0.543. The number of ether oxygens (including phenoxy) is 1. The number of aromatic nitrogens is 4. The number of amides is 1. The second-order valence-electron chi connectivity index (χ2n) is 5.05. The van der Waals surface area contributed by atoms with Crippen LogP contribution in [-0.2, 0) is 16.6 Å². The highest BCUT2D eigenvalue weighted by Crippen LogP contribution is 2.21. The summed E-state index contributed by atoms with van der Waals surface area (Å²) in [6.07, 6.45) is 7.13. The fourth-order valence-corrected chi connectivity index (χ4v) is 2.88. The zero-order valence-electron chi connectivity index (χ0n) is 11.8. The number of hydrogen-bond acceptors (Lipinski definition) is 6. The van der Waals surface area contributed by atoms with Gasteiger partial charge in [0.25, 0.3) is 0 Å². The van der Waals surface area contributed by atoms with E-state index in [1.54, 1.807) is 10.9 Å². The van der Waals surface area contributed by atoms with E-state index in [2.05, 4.69) is 19.8 Å². The van der Waals surface area contributed by atoms with Crippen molar-refractivity contribution in [1.82, 2.24) is 19.1 Å². The van der Waals surface area contributed by atoms with Gasteiger partial charge in [-0.25, -0.2) is 0 Å². The first kappa shape index (κ1) is 14.2. The number of nitrogens with zero attached hydrogens (tertiary/aromatic N) is 4. The summed E-state index contributed by atoms with van der Waals surface area (Å²) in [4.78, 5) is 16.2. The molecule has 0 aliphatic carbocycles. The smallest absolute Gasteiger partial charge is 0.226 e. The molecule has 112 valence electrons. The summed E-state index contributed by atoms with van der Waals surface area (Å²) in [6.45, 7) is 0.817. The van der Waals surface area contributed by atoms with Crippen molar-refractivity contribution < 1.29 is 9.53 Å². The van der Waals surface area contributed by atoms with Crippen LogP contribution in [0.4, 0.5) is 5.13 Å². The lowest BCUT2D eigenvalue weighted by Crippen LogP contribution is -2.15. The molecule has 1 atom stereocenters. The van der Waals surface area contributed by atoms with Gasteiger partial charge in [-0.3, -0.25) is 9.48 Å². The summed E-state index contributed by atoms with van der Waals surface area (Å²) in [7, 11) is 1.84. The van der Waals surface area contributed by atoms with Gasteiger partial charge in [0.05, 0.1) is 17.9 Å². The van der Waals surface area contributed by atoms with Crippen molar-refractivity contribution in [3.05, 3.63) is 12.4 Å². The normalized spacial score (nSPS) is 18.0. The Balaban J connectivity index is 1.53. The molecular formula is C13H17N5O2S. The molecule has 2 aromatic heterocycles. The Kier molecular flexibility index (Phi) is 4.26.